The molecule has 3 rings (SSSR count). The number of ketones is 1. The van der Waals surface area contributed by atoms with Crippen LogP contribution in [0.5, 0.6) is 0 Å². The van der Waals surface area contributed by atoms with E-state index in [0.717, 1.165) is 10.6 Å². The van der Waals surface area contributed by atoms with Crippen LogP contribution in [0.2, 0.25) is 0 Å². The number of carbonyl (C=O) groups excluding carboxylic acids is 1. The predicted molar refractivity (Wildman–Crippen MR) is 83.2 cm³/mol. The van der Waals surface area contributed by atoms with Crippen LogP contribution in [0, 0.1) is 0 Å². The highest BCUT2D eigenvalue weighted by Gasteiger charge is 2.29. The van der Waals surface area contributed by atoms with E-state index >= 15 is 0 Å². The van der Waals surface area contributed by atoms with E-state index < -0.39 is 0 Å². The van der Waals surface area contributed by atoms with Gasteiger partial charge in [-0.2, -0.15) is 0 Å². The van der Waals surface area contributed by atoms with Gasteiger partial charge in [-0.15, -0.1) is 0 Å². The highest BCUT2D eigenvalue weighted by molar-refractivity contribution is 8.04. The Kier molecular flexibility index (Phi) is 4.06. The third-order valence-corrected chi connectivity index (χ3v) is 4.62. The normalized spacial score (nSPS) is 18.9. The number of Topliss-reactive ketones (excluding diaryl/α,β-unsaturated/α-hetero) is 1. The SMILES string of the molecule is O=C1CC(c2ccccc2)CC(O)=C1Sc1ccccn1. The van der Waals surface area contributed by atoms with E-state index in [9.17, 15) is 9.90 Å². The number of nitrogens with zero attached hydrogens (tertiary/aromatic N) is 1. The summed E-state index contributed by atoms with van der Waals surface area (Å²) in [6.45, 7) is 0. The molecule has 0 fully saturated rings. The van der Waals surface area contributed by atoms with E-state index in [-0.39, 0.29) is 17.5 Å². The molecule has 1 aromatic heterocycles. The number of thioether (sulfide) groups is 1. The molecule has 1 aromatic carbocycles. The molecular weight excluding hydrogens is 282 g/mol. The number of carbonyl (C=O) groups is 1. The van der Waals surface area contributed by atoms with Crippen molar-refractivity contribution in [1.82, 2.24) is 4.98 Å². The molecule has 0 amide bonds. The third-order valence-electron chi connectivity index (χ3n) is 3.50. The number of hydrogen-bond acceptors (Lipinski definition) is 4. The maximum absolute atomic E-state index is 12.3. The van der Waals surface area contributed by atoms with Crippen LogP contribution < -0.4 is 0 Å². The fourth-order valence-electron chi connectivity index (χ4n) is 2.46. The van der Waals surface area contributed by atoms with Crippen LogP contribution in [-0.4, -0.2) is 15.9 Å². The van der Waals surface area contributed by atoms with Gasteiger partial charge in [-0.05, 0) is 23.6 Å². The number of aliphatic hydroxyl groups is 1. The first-order chi connectivity index (χ1) is 10.2. The lowest BCUT2D eigenvalue weighted by Crippen LogP contribution is -2.17. The van der Waals surface area contributed by atoms with Crippen LogP contribution in [-0.2, 0) is 4.79 Å². The summed E-state index contributed by atoms with van der Waals surface area (Å²) in [7, 11) is 0. The van der Waals surface area contributed by atoms with Crippen LogP contribution in [0.1, 0.15) is 24.3 Å². The highest BCUT2D eigenvalue weighted by Crippen LogP contribution is 2.39. The summed E-state index contributed by atoms with van der Waals surface area (Å²) in [5.74, 6) is 0.228. The van der Waals surface area contributed by atoms with E-state index in [0.29, 0.717) is 17.7 Å². The minimum Gasteiger partial charge on any atom is -0.511 e. The largest absolute Gasteiger partial charge is 0.511 e. The maximum atomic E-state index is 12.3. The molecule has 1 atom stereocenters. The van der Waals surface area contributed by atoms with Gasteiger partial charge in [0.15, 0.2) is 5.78 Å². The first-order valence-electron chi connectivity index (χ1n) is 6.83. The zero-order chi connectivity index (χ0) is 14.7. The Bertz CT molecular complexity index is 668. The average molecular weight is 297 g/mol. The lowest BCUT2D eigenvalue weighted by atomic mass is 9.86. The fourth-order valence-corrected chi connectivity index (χ4v) is 3.33. The van der Waals surface area contributed by atoms with E-state index in [1.165, 1.54) is 11.8 Å². The Labute approximate surface area is 127 Å². The van der Waals surface area contributed by atoms with Gasteiger partial charge in [0.1, 0.15) is 10.8 Å². The van der Waals surface area contributed by atoms with Gasteiger partial charge in [0.25, 0.3) is 0 Å². The third kappa shape index (κ3) is 3.16. The van der Waals surface area contributed by atoms with Crippen molar-refractivity contribution in [2.45, 2.75) is 23.8 Å². The van der Waals surface area contributed by atoms with Gasteiger partial charge in [-0.25, -0.2) is 4.98 Å². The molecule has 106 valence electrons. The highest BCUT2D eigenvalue weighted by atomic mass is 32.2. The maximum Gasteiger partial charge on any atom is 0.173 e. The van der Waals surface area contributed by atoms with E-state index in [4.69, 9.17) is 0 Å². The van der Waals surface area contributed by atoms with E-state index in [2.05, 4.69) is 4.98 Å². The molecule has 2 aromatic rings. The van der Waals surface area contributed by atoms with Crippen molar-refractivity contribution in [2.75, 3.05) is 0 Å². The molecule has 4 heteroatoms. The zero-order valence-corrected chi connectivity index (χ0v) is 12.2. The number of aromatic nitrogens is 1. The molecule has 1 unspecified atom stereocenters. The van der Waals surface area contributed by atoms with E-state index in [1.54, 1.807) is 6.20 Å². The Morgan fingerprint density at radius 1 is 1.05 bits per heavy atom. The molecule has 3 nitrogen and oxygen atoms in total. The molecule has 1 aliphatic rings. The Balaban J connectivity index is 1.82. The Hall–Kier alpha value is -2.07. The molecule has 0 bridgehead atoms. The topological polar surface area (TPSA) is 50.2 Å². The van der Waals surface area contributed by atoms with Crippen molar-refractivity contribution >= 4 is 17.5 Å². The number of aliphatic hydroxyl groups excluding tert-OH is 1. The van der Waals surface area contributed by atoms with Crippen molar-refractivity contribution in [3.8, 4) is 0 Å². The molecule has 0 spiro atoms. The van der Waals surface area contributed by atoms with Crippen molar-refractivity contribution < 1.29 is 9.90 Å². The zero-order valence-electron chi connectivity index (χ0n) is 11.4. The molecule has 0 saturated carbocycles. The number of pyridine rings is 1. The number of benzene rings is 1. The predicted octanol–water partition coefficient (Wildman–Crippen LogP) is 4.09. The summed E-state index contributed by atoms with van der Waals surface area (Å²) in [6.07, 6.45) is 2.62. The Morgan fingerprint density at radius 3 is 2.48 bits per heavy atom. The Morgan fingerprint density at radius 2 is 1.81 bits per heavy atom. The first-order valence-corrected chi connectivity index (χ1v) is 7.65. The second kappa shape index (κ2) is 6.14. The summed E-state index contributed by atoms with van der Waals surface area (Å²) in [5.41, 5.74) is 1.10. The lowest BCUT2D eigenvalue weighted by molar-refractivity contribution is -0.115. The van der Waals surface area contributed by atoms with Gasteiger partial charge in [-0.3, -0.25) is 4.79 Å². The van der Waals surface area contributed by atoms with Gasteiger partial charge in [-0.1, -0.05) is 48.2 Å². The monoisotopic (exact) mass is 297 g/mol. The van der Waals surface area contributed by atoms with Gasteiger partial charge in [0.05, 0.1) is 4.91 Å². The van der Waals surface area contributed by atoms with Crippen LogP contribution in [0.3, 0.4) is 0 Å². The first kappa shape index (κ1) is 13.9. The van der Waals surface area contributed by atoms with Gasteiger partial charge in [0.2, 0.25) is 0 Å². The van der Waals surface area contributed by atoms with Crippen molar-refractivity contribution in [3.63, 3.8) is 0 Å². The van der Waals surface area contributed by atoms with Gasteiger partial charge < -0.3 is 5.11 Å². The standard InChI is InChI=1S/C17H15NO2S/c19-14-10-13(12-6-2-1-3-7-12)11-15(20)17(14)21-16-8-4-5-9-18-16/h1-9,13,19H,10-11H2. The van der Waals surface area contributed by atoms with Crippen LogP contribution in [0.4, 0.5) is 0 Å². The number of rotatable bonds is 3. The van der Waals surface area contributed by atoms with Crippen LogP contribution in [0.25, 0.3) is 0 Å². The lowest BCUT2D eigenvalue weighted by Gasteiger charge is -2.23. The minimum absolute atomic E-state index is 0.0109. The fraction of sp³-hybridized carbons (Fsp3) is 0.176. The molecule has 0 aliphatic heterocycles. The van der Waals surface area contributed by atoms with Gasteiger partial charge in [0, 0.05) is 19.0 Å². The summed E-state index contributed by atoms with van der Waals surface area (Å²) in [5, 5.41) is 11.0. The molecule has 1 heterocycles. The number of hydrogen-bond donors (Lipinski definition) is 1. The molecule has 21 heavy (non-hydrogen) atoms. The quantitative estimate of drug-likeness (QED) is 0.927. The second-order valence-electron chi connectivity index (χ2n) is 4.98. The van der Waals surface area contributed by atoms with Crippen molar-refractivity contribution in [2.24, 2.45) is 0 Å². The number of allylic oxidation sites excluding steroid dienone is 2. The summed E-state index contributed by atoms with van der Waals surface area (Å²) >= 11 is 1.25. The second-order valence-corrected chi connectivity index (χ2v) is 6.02. The van der Waals surface area contributed by atoms with E-state index in [1.807, 2.05) is 48.5 Å². The molecule has 1 N–H and O–H groups in total. The average Bonchev–Trinajstić information content (AvgIpc) is 2.52. The van der Waals surface area contributed by atoms with Crippen LogP contribution in [0.15, 0.2) is 70.4 Å². The summed E-state index contributed by atoms with van der Waals surface area (Å²) < 4.78 is 0. The molecule has 1 aliphatic carbocycles. The molecular formula is C17H15NO2S. The summed E-state index contributed by atoms with van der Waals surface area (Å²) in [6, 6.07) is 15.4. The van der Waals surface area contributed by atoms with Crippen LogP contribution >= 0.6 is 11.8 Å². The molecule has 0 radical (unpaired) electrons. The smallest absolute Gasteiger partial charge is 0.173 e. The minimum atomic E-state index is -0.0109. The van der Waals surface area contributed by atoms with Crippen molar-refractivity contribution in [3.05, 3.63) is 71.0 Å². The molecule has 0 saturated heterocycles. The van der Waals surface area contributed by atoms with Crippen molar-refractivity contribution in [1.29, 1.82) is 0 Å². The summed E-state index contributed by atoms with van der Waals surface area (Å²) in [4.78, 5) is 16.9. The van der Waals surface area contributed by atoms with Gasteiger partial charge >= 0.3 is 0 Å².